The highest BCUT2D eigenvalue weighted by Gasteiger charge is 2.20. The maximum atomic E-state index is 12.7. The zero-order valence-electron chi connectivity index (χ0n) is 16.0. The Hall–Kier alpha value is -2.60. The molecule has 27 heavy (non-hydrogen) atoms. The number of nitrogens with zero attached hydrogens (tertiary/aromatic N) is 3. The van der Waals surface area contributed by atoms with Crippen LogP contribution in [-0.4, -0.2) is 27.9 Å². The first kappa shape index (κ1) is 19.2. The zero-order chi connectivity index (χ0) is 19.4. The molecule has 0 atom stereocenters. The van der Waals surface area contributed by atoms with Gasteiger partial charge in [-0.25, -0.2) is 0 Å². The molecule has 0 aliphatic carbocycles. The maximum absolute atomic E-state index is 12.7. The van der Waals surface area contributed by atoms with Crippen LogP contribution in [0.1, 0.15) is 25.0 Å². The number of carbonyl (C=O) groups is 1. The first-order chi connectivity index (χ1) is 12.9. The first-order valence-electron chi connectivity index (χ1n) is 8.86. The van der Waals surface area contributed by atoms with E-state index in [0.29, 0.717) is 11.1 Å². The van der Waals surface area contributed by atoms with Gasteiger partial charge in [-0.15, -0.1) is 10.2 Å². The molecule has 0 unspecified atom stereocenters. The molecule has 2 aromatic carbocycles. The van der Waals surface area contributed by atoms with Gasteiger partial charge in [0.15, 0.2) is 0 Å². The molecule has 0 fully saturated rings. The van der Waals surface area contributed by atoms with E-state index in [1.165, 1.54) is 11.8 Å². The van der Waals surface area contributed by atoms with Gasteiger partial charge < -0.3 is 9.32 Å². The van der Waals surface area contributed by atoms with Crippen molar-refractivity contribution >= 4 is 23.4 Å². The predicted octanol–water partition coefficient (Wildman–Crippen LogP) is 4.89. The molecule has 0 spiro atoms. The molecule has 3 rings (SSSR count). The van der Waals surface area contributed by atoms with Gasteiger partial charge in [0.05, 0.1) is 5.75 Å². The molecule has 0 aliphatic rings. The number of carbonyl (C=O) groups excluding carboxylic acids is 1. The molecule has 0 saturated heterocycles. The molecular formula is C21H23N3O2S. The highest BCUT2D eigenvalue weighted by molar-refractivity contribution is 7.99. The smallest absolute Gasteiger partial charge is 0.277 e. The van der Waals surface area contributed by atoms with Crippen LogP contribution in [-0.2, 0) is 4.79 Å². The van der Waals surface area contributed by atoms with Crippen molar-refractivity contribution in [2.45, 2.75) is 39.0 Å². The van der Waals surface area contributed by atoms with E-state index in [9.17, 15) is 4.79 Å². The maximum Gasteiger partial charge on any atom is 0.277 e. The summed E-state index contributed by atoms with van der Waals surface area (Å²) in [5.74, 6) is 0.717. The molecule has 0 bridgehead atoms. The van der Waals surface area contributed by atoms with E-state index in [4.69, 9.17) is 4.42 Å². The lowest BCUT2D eigenvalue weighted by molar-refractivity contribution is -0.116. The van der Waals surface area contributed by atoms with Crippen LogP contribution in [0.4, 0.5) is 5.69 Å². The highest BCUT2D eigenvalue weighted by Crippen LogP contribution is 2.26. The largest absolute Gasteiger partial charge is 0.411 e. The summed E-state index contributed by atoms with van der Waals surface area (Å²) in [6.45, 7) is 8.07. The second kappa shape index (κ2) is 8.39. The van der Waals surface area contributed by atoms with Crippen LogP contribution in [0.5, 0.6) is 0 Å². The SMILES string of the molecule is Cc1cc(C)cc(-c2nnc(SCC(=O)N(c3ccccc3)C(C)C)o2)c1. The lowest BCUT2D eigenvalue weighted by Crippen LogP contribution is -2.38. The van der Waals surface area contributed by atoms with Crippen LogP contribution in [0.2, 0.25) is 0 Å². The third-order valence-corrected chi connectivity index (χ3v) is 4.82. The lowest BCUT2D eigenvalue weighted by Gasteiger charge is -2.26. The van der Waals surface area contributed by atoms with Crippen LogP contribution in [0, 0.1) is 13.8 Å². The van der Waals surface area contributed by atoms with E-state index in [1.807, 2.05) is 70.2 Å². The van der Waals surface area contributed by atoms with Crippen LogP contribution >= 0.6 is 11.8 Å². The minimum Gasteiger partial charge on any atom is -0.411 e. The minimum absolute atomic E-state index is 0.00681. The van der Waals surface area contributed by atoms with Crippen molar-refractivity contribution in [2.24, 2.45) is 0 Å². The fourth-order valence-electron chi connectivity index (χ4n) is 2.99. The molecule has 0 radical (unpaired) electrons. The molecule has 140 valence electrons. The number of benzene rings is 2. The Kier molecular flexibility index (Phi) is 5.96. The van der Waals surface area contributed by atoms with Gasteiger partial charge in [-0.05, 0) is 52.0 Å². The minimum atomic E-state index is 0.00681. The van der Waals surface area contributed by atoms with Gasteiger partial charge in [0.2, 0.25) is 11.8 Å². The number of aryl methyl sites for hydroxylation is 2. The lowest BCUT2D eigenvalue weighted by atomic mass is 10.1. The fraction of sp³-hybridized carbons (Fsp3) is 0.286. The van der Waals surface area contributed by atoms with Gasteiger partial charge >= 0.3 is 0 Å². The van der Waals surface area contributed by atoms with Crippen LogP contribution in [0.15, 0.2) is 58.2 Å². The van der Waals surface area contributed by atoms with Crippen molar-refractivity contribution in [1.29, 1.82) is 0 Å². The van der Waals surface area contributed by atoms with Crippen molar-refractivity contribution in [1.82, 2.24) is 10.2 Å². The van der Waals surface area contributed by atoms with E-state index >= 15 is 0 Å². The quantitative estimate of drug-likeness (QED) is 0.569. The summed E-state index contributed by atoms with van der Waals surface area (Å²) < 4.78 is 5.75. The number of rotatable bonds is 6. The van der Waals surface area contributed by atoms with E-state index in [-0.39, 0.29) is 17.7 Å². The van der Waals surface area contributed by atoms with Crippen molar-refractivity contribution in [3.8, 4) is 11.5 Å². The molecule has 6 heteroatoms. The Bertz CT molecular complexity index is 902. The van der Waals surface area contributed by atoms with Crippen LogP contribution in [0.25, 0.3) is 11.5 Å². The summed E-state index contributed by atoms with van der Waals surface area (Å²) in [7, 11) is 0. The zero-order valence-corrected chi connectivity index (χ0v) is 16.8. The van der Waals surface area contributed by atoms with Gasteiger partial charge in [-0.3, -0.25) is 4.79 Å². The van der Waals surface area contributed by atoms with Gasteiger partial charge in [0, 0.05) is 17.3 Å². The van der Waals surface area contributed by atoms with Gasteiger partial charge in [0.1, 0.15) is 0 Å². The molecule has 1 aromatic heterocycles. The average Bonchev–Trinajstić information content (AvgIpc) is 3.09. The Morgan fingerprint density at radius 3 is 2.37 bits per heavy atom. The molecule has 3 aromatic rings. The molecule has 0 saturated carbocycles. The van der Waals surface area contributed by atoms with Crippen molar-refractivity contribution < 1.29 is 9.21 Å². The standard InChI is InChI=1S/C21H23N3O2S/c1-14(2)24(18-8-6-5-7-9-18)19(25)13-27-21-23-22-20(26-21)17-11-15(3)10-16(4)12-17/h5-12,14H,13H2,1-4H3. The van der Waals surface area contributed by atoms with E-state index in [2.05, 4.69) is 16.3 Å². The number of para-hydroxylation sites is 1. The van der Waals surface area contributed by atoms with Gasteiger partial charge in [-0.2, -0.15) is 0 Å². The van der Waals surface area contributed by atoms with Crippen molar-refractivity contribution in [2.75, 3.05) is 10.7 Å². The predicted molar refractivity (Wildman–Crippen MR) is 109 cm³/mol. The highest BCUT2D eigenvalue weighted by atomic mass is 32.2. The number of amides is 1. The number of anilines is 1. The van der Waals surface area contributed by atoms with Crippen molar-refractivity contribution in [3.63, 3.8) is 0 Å². The topological polar surface area (TPSA) is 59.2 Å². The molecule has 5 nitrogen and oxygen atoms in total. The second-order valence-electron chi connectivity index (χ2n) is 6.73. The third-order valence-electron chi connectivity index (χ3n) is 4.01. The molecular weight excluding hydrogens is 358 g/mol. The summed E-state index contributed by atoms with van der Waals surface area (Å²) >= 11 is 1.26. The number of hydrogen-bond acceptors (Lipinski definition) is 5. The number of hydrogen-bond donors (Lipinski definition) is 0. The number of aromatic nitrogens is 2. The Labute approximate surface area is 163 Å². The van der Waals surface area contributed by atoms with Crippen LogP contribution < -0.4 is 4.90 Å². The normalized spacial score (nSPS) is 11.0. The Balaban J connectivity index is 1.69. The second-order valence-corrected chi connectivity index (χ2v) is 7.66. The molecule has 1 heterocycles. The summed E-state index contributed by atoms with van der Waals surface area (Å²) in [5.41, 5.74) is 4.07. The molecule has 0 aliphatic heterocycles. The van der Waals surface area contributed by atoms with Crippen LogP contribution in [0.3, 0.4) is 0 Å². The molecule has 0 N–H and O–H groups in total. The summed E-state index contributed by atoms with van der Waals surface area (Å²) in [6, 6.07) is 15.9. The molecule has 1 amide bonds. The van der Waals surface area contributed by atoms with Crippen molar-refractivity contribution in [3.05, 3.63) is 59.7 Å². The third kappa shape index (κ3) is 4.77. The van der Waals surface area contributed by atoms with Gasteiger partial charge in [-0.1, -0.05) is 47.2 Å². The summed E-state index contributed by atoms with van der Waals surface area (Å²) in [6.07, 6.45) is 0. The van der Waals surface area contributed by atoms with E-state index < -0.39 is 0 Å². The summed E-state index contributed by atoms with van der Waals surface area (Å²) in [4.78, 5) is 14.5. The Morgan fingerprint density at radius 2 is 1.74 bits per heavy atom. The first-order valence-corrected chi connectivity index (χ1v) is 9.84. The van der Waals surface area contributed by atoms with E-state index in [1.54, 1.807) is 4.90 Å². The van der Waals surface area contributed by atoms with E-state index in [0.717, 1.165) is 22.4 Å². The Morgan fingerprint density at radius 1 is 1.07 bits per heavy atom. The van der Waals surface area contributed by atoms with Gasteiger partial charge in [0.25, 0.3) is 5.22 Å². The summed E-state index contributed by atoms with van der Waals surface area (Å²) in [5, 5.41) is 8.60. The average molecular weight is 382 g/mol. The number of thioether (sulfide) groups is 1. The fourth-order valence-corrected chi connectivity index (χ4v) is 3.62. The monoisotopic (exact) mass is 381 g/mol.